The summed E-state index contributed by atoms with van der Waals surface area (Å²) in [5.41, 5.74) is 4.25. The van der Waals surface area contributed by atoms with Crippen molar-refractivity contribution in [2.24, 2.45) is 5.10 Å². The van der Waals surface area contributed by atoms with Gasteiger partial charge < -0.3 is 4.74 Å². The van der Waals surface area contributed by atoms with Crippen molar-refractivity contribution in [3.63, 3.8) is 0 Å². The second kappa shape index (κ2) is 8.79. The van der Waals surface area contributed by atoms with Crippen molar-refractivity contribution in [3.05, 3.63) is 44.3 Å². The number of hydrogen-bond donors (Lipinski definition) is 1. The van der Waals surface area contributed by atoms with Crippen LogP contribution in [0.4, 0.5) is 0 Å². The first-order valence-corrected chi connectivity index (χ1v) is 8.91. The molecule has 0 unspecified atom stereocenters. The number of aryl methyl sites for hydroxylation is 1. The number of ether oxygens (including phenoxy) is 1. The predicted molar refractivity (Wildman–Crippen MR) is 96.2 cm³/mol. The summed E-state index contributed by atoms with van der Waals surface area (Å²) in [6.07, 6.45) is 2.74. The van der Waals surface area contributed by atoms with Crippen LogP contribution in [-0.2, 0) is 11.2 Å². The fraction of sp³-hybridized carbons (Fsp3) is 0.312. The average molecular weight is 396 g/mol. The maximum atomic E-state index is 11.8. The summed E-state index contributed by atoms with van der Waals surface area (Å²) in [7, 11) is 0. The molecule has 0 atom stereocenters. The second-order valence-electron chi connectivity index (χ2n) is 4.88. The van der Waals surface area contributed by atoms with E-state index in [2.05, 4.69) is 31.4 Å². The number of aromatic nitrogens is 1. The zero-order valence-corrected chi connectivity index (χ0v) is 15.4. The highest BCUT2D eigenvalue weighted by Gasteiger charge is 2.06. The Morgan fingerprint density at radius 2 is 2.35 bits per heavy atom. The summed E-state index contributed by atoms with van der Waals surface area (Å²) >= 11 is 4.89. The van der Waals surface area contributed by atoms with E-state index in [1.807, 2.05) is 37.4 Å². The van der Waals surface area contributed by atoms with Gasteiger partial charge in [-0.15, -0.1) is 11.3 Å². The standard InChI is InChI=1S/C16H18BrN3O2S/c1-3-6-22-14-5-4-13(17)7-12(14)9-18-20-15(21)8-16-19-11(2)10-23-16/h4-5,7,9-10H,3,6,8H2,1-2H3,(H,20,21)/b18-9-. The topological polar surface area (TPSA) is 63.6 Å². The van der Waals surface area contributed by atoms with Gasteiger partial charge in [0.25, 0.3) is 0 Å². The summed E-state index contributed by atoms with van der Waals surface area (Å²) < 4.78 is 6.59. The first kappa shape index (κ1) is 17.6. The molecule has 1 heterocycles. The van der Waals surface area contributed by atoms with Crippen LogP contribution in [0.2, 0.25) is 0 Å². The van der Waals surface area contributed by atoms with Crippen LogP contribution in [0.15, 0.2) is 33.2 Å². The SMILES string of the molecule is CCCOc1ccc(Br)cc1/C=N\NC(=O)Cc1nc(C)cs1. The van der Waals surface area contributed by atoms with E-state index in [0.29, 0.717) is 6.61 Å². The van der Waals surface area contributed by atoms with E-state index >= 15 is 0 Å². The Hall–Kier alpha value is -1.73. The van der Waals surface area contributed by atoms with Crippen LogP contribution in [0.3, 0.4) is 0 Å². The normalized spacial score (nSPS) is 10.9. The Morgan fingerprint density at radius 3 is 3.04 bits per heavy atom. The van der Waals surface area contributed by atoms with Gasteiger partial charge in [0.1, 0.15) is 10.8 Å². The summed E-state index contributed by atoms with van der Waals surface area (Å²) in [5.74, 6) is 0.547. The molecule has 0 bridgehead atoms. The molecule has 1 aromatic carbocycles. The van der Waals surface area contributed by atoms with Crippen LogP contribution in [0, 0.1) is 6.92 Å². The molecule has 0 aliphatic rings. The van der Waals surface area contributed by atoms with Gasteiger partial charge in [0, 0.05) is 21.1 Å². The van der Waals surface area contributed by atoms with Crippen LogP contribution < -0.4 is 10.2 Å². The minimum atomic E-state index is -0.193. The Kier molecular flexibility index (Phi) is 6.73. The largest absolute Gasteiger partial charge is 0.493 e. The van der Waals surface area contributed by atoms with Gasteiger partial charge >= 0.3 is 0 Å². The van der Waals surface area contributed by atoms with Crippen LogP contribution in [-0.4, -0.2) is 23.7 Å². The molecule has 23 heavy (non-hydrogen) atoms. The van der Waals surface area contributed by atoms with Crippen LogP contribution in [0.25, 0.3) is 0 Å². The van der Waals surface area contributed by atoms with Crippen molar-refractivity contribution >= 4 is 39.4 Å². The highest BCUT2D eigenvalue weighted by atomic mass is 79.9. The number of nitrogens with zero attached hydrogens (tertiary/aromatic N) is 2. The van der Waals surface area contributed by atoms with Gasteiger partial charge in [-0.25, -0.2) is 10.4 Å². The lowest BCUT2D eigenvalue weighted by Gasteiger charge is -2.08. The molecule has 7 heteroatoms. The summed E-state index contributed by atoms with van der Waals surface area (Å²) in [6, 6.07) is 5.68. The maximum absolute atomic E-state index is 11.8. The molecule has 0 saturated heterocycles. The van der Waals surface area contributed by atoms with Gasteiger partial charge in [-0.05, 0) is 31.5 Å². The molecule has 0 radical (unpaired) electrons. The third-order valence-electron chi connectivity index (χ3n) is 2.80. The van der Waals surface area contributed by atoms with E-state index in [1.54, 1.807) is 6.21 Å². The van der Waals surface area contributed by atoms with Crippen molar-refractivity contribution in [1.82, 2.24) is 10.4 Å². The summed E-state index contributed by atoms with van der Waals surface area (Å²) in [5, 5.41) is 6.71. The molecule has 1 aromatic heterocycles. The fourth-order valence-corrected chi connectivity index (χ4v) is 2.95. The van der Waals surface area contributed by atoms with Crippen molar-refractivity contribution in [2.75, 3.05) is 6.61 Å². The fourth-order valence-electron chi connectivity index (χ4n) is 1.80. The lowest BCUT2D eigenvalue weighted by atomic mass is 10.2. The molecule has 2 aromatic rings. The number of halogens is 1. The molecule has 0 aliphatic carbocycles. The van der Waals surface area contributed by atoms with E-state index in [-0.39, 0.29) is 12.3 Å². The molecule has 0 saturated carbocycles. The highest BCUT2D eigenvalue weighted by Crippen LogP contribution is 2.22. The summed E-state index contributed by atoms with van der Waals surface area (Å²) in [6.45, 7) is 4.59. The van der Waals surface area contributed by atoms with Gasteiger partial charge in [0.2, 0.25) is 5.91 Å². The first-order valence-electron chi connectivity index (χ1n) is 7.23. The Labute approximate surface area is 147 Å². The average Bonchev–Trinajstić information content (AvgIpc) is 2.91. The third-order valence-corrected chi connectivity index (χ3v) is 4.26. The quantitative estimate of drug-likeness (QED) is 0.574. The molecule has 1 N–H and O–H groups in total. The lowest BCUT2D eigenvalue weighted by molar-refractivity contribution is -0.120. The van der Waals surface area contributed by atoms with Gasteiger partial charge in [0.05, 0.1) is 19.2 Å². The van der Waals surface area contributed by atoms with E-state index in [0.717, 1.165) is 32.9 Å². The molecule has 0 aliphatic heterocycles. The van der Waals surface area contributed by atoms with E-state index < -0.39 is 0 Å². The highest BCUT2D eigenvalue weighted by molar-refractivity contribution is 9.10. The second-order valence-corrected chi connectivity index (χ2v) is 6.74. The monoisotopic (exact) mass is 395 g/mol. The number of amides is 1. The zero-order chi connectivity index (χ0) is 16.7. The van der Waals surface area contributed by atoms with Crippen molar-refractivity contribution in [1.29, 1.82) is 0 Å². The lowest BCUT2D eigenvalue weighted by Crippen LogP contribution is -2.19. The molecule has 2 rings (SSSR count). The number of carbonyl (C=O) groups is 1. The Morgan fingerprint density at radius 1 is 1.52 bits per heavy atom. The van der Waals surface area contributed by atoms with Gasteiger partial charge in [-0.3, -0.25) is 4.79 Å². The number of hydrogen-bond acceptors (Lipinski definition) is 5. The molecular weight excluding hydrogens is 378 g/mol. The molecule has 0 spiro atoms. The van der Waals surface area contributed by atoms with Crippen LogP contribution in [0.1, 0.15) is 29.6 Å². The number of nitrogens with one attached hydrogen (secondary N) is 1. The molecule has 0 fully saturated rings. The van der Waals surface area contributed by atoms with Crippen molar-refractivity contribution < 1.29 is 9.53 Å². The molecule has 122 valence electrons. The van der Waals surface area contributed by atoms with Gasteiger partial charge in [-0.1, -0.05) is 22.9 Å². The number of thiazole rings is 1. The van der Waals surface area contributed by atoms with Crippen LogP contribution in [0.5, 0.6) is 5.75 Å². The first-order chi connectivity index (χ1) is 11.1. The van der Waals surface area contributed by atoms with E-state index in [1.165, 1.54) is 11.3 Å². The minimum absolute atomic E-state index is 0.193. The van der Waals surface area contributed by atoms with E-state index in [9.17, 15) is 4.79 Å². The zero-order valence-electron chi connectivity index (χ0n) is 13.0. The molecular formula is C16H18BrN3O2S. The number of benzene rings is 1. The van der Waals surface area contributed by atoms with Crippen molar-refractivity contribution in [2.45, 2.75) is 26.7 Å². The van der Waals surface area contributed by atoms with Gasteiger partial charge in [-0.2, -0.15) is 5.10 Å². The van der Waals surface area contributed by atoms with Gasteiger partial charge in [0.15, 0.2) is 0 Å². The predicted octanol–water partition coefficient (Wildman–Crippen LogP) is 3.70. The Bertz CT molecular complexity index is 700. The molecule has 1 amide bonds. The van der Waals surface area contributed by atoms with Crippen molar-refractivity contribution in [3.8, 4) is 5.75 Å². The summed E-state index contributed by atoms with van der Waals surface area (Å²) in [4.78, 5) is 16.1. The van der Waals surface area contributed by atoms with Crippen LogP contribution >= 0.6 is 27.3 Å². The van der Waals surface area contributed by atoms with E-state index in [4.69, 9.17) is 4.74 Å². The number of rotatable bonds is 7. The number of hydrazone groups is 1. The minimum Gasteiger partial charge on any atom is -0.493 e. The smallest absolute Gasteiger partial charge is 0.246 e. The number of carbonyl (C=O) groups excluding carboxylic acids is 1. The molecule has 5 nitrogen and oxygen atoms in total. The third kappa shape index (κ3) is 5.76. The Balaban J connectivity index is 1.96. The maximum Gasteiger partial charge on any atom is 0.246 e.